The smallest absolute Gasteiger partial charge is 0.391 e. The van der Waals surface area contributed by atoms with Crippen molar-refractivity contribution < 1.29 is 48.1 Å². The van der Waals surface area contributed by atoms with E-state index in [1.54, 1.807) is 4.57 Å². The van der Waals surface area contributed by atoms with Gasteiger partial charge < -0.3 is 34.7 Å². The topological polar surface area (TPSA) is 204 Å². The van der Waals surface area contributed by atoms with E-state index in [1.807, 2.05) is 0 Å². The number of aromatic amines is 1. The summed E-state index contributed by atoms with van der Waals surface area (Å²) in [7, 11) is -7.39. The molecule has 2 rings (SSSR count). The van der Waals surface area contributed by atoms with Crippen molar-refractivity contribution in [2.75, 3.05) is 6.79 Å². The lowest BCUT2D eigenvalue weighted by atomic mass is 10.3. The molecule has 0 radical (unpaired) electrons. The van der Waals surface area contributed by atoms with Crippen molar-refractivity contribution in [3.63, 3.8) is 0 Å². The maximum Gasteiger partial charge on any atom is 0.476 e. The molecule has 3 unspecified atom stereocenters. The summed E-state index contributed by atoms with van der Waals surface area (Å²) in [5.41, 5.74) is -0.180. The molecule has 0 bridgehead atoms. The van der Waals surface area contributed by atoms with Crippen LogP contribution in [0.15, 0.2) is 11.0 Å². The SMILES string of the molecule is O=P(O)(O)OP(O)OCO.O=c1[nH]c(=S)n(C2CCC(O)O2)cc1CO. The number of ether oxygens (including phenoxy) is 1. The molecule has 1 aliphatic rings. The summed E-state index contributed by atoms with van der Waals surface area (Å²) in [4.78, 5) is 38.1. The summed E-state index contributed by atoms with van der Waals surface area (Å²) < 4.78 is 24.3. The van der Waals surface area contributed by atoms with Gasteiger partial charge in [0.25, 0.3) is 5.56 Å². The number of H-pyrrole nitrogens is 1. The zero-order chi connectivity index (χ0) is 19.9. The number of phosphoric acid groups is 1. The van der Waals surface area contributed by atoms with Crippen LogP contribution in [-0.4, -0.2) is 52.6 Å². The van der Waals surface area contributed by atoms with Crippen LogP contribution in [-0.2, 0) is 24.7 Å². The minimum Gasteiger partial charge on any atom is -0.391 e. The number of aliphatic hydroxyl groups is 3. The van der Waals surface area contributed by atoms with Gasteiger partial charge in [0, 0.05) is 12.6 Å². The van der Waals surface area contributed by atoms with Gasteiger partial charge in [-0.25, -0.2) is 8.88 Å². The van der Waals surface area contributed by atoms with Crippen molar-refractivity contribution in [3.8, 4) is 0 Å². The Hall–Kier alpha value is -0.600. The van der Waals surface area contributed by atoms with Crippen molar-refractivity contribution in [2.45, 2.75) is 32.0 Å². The van der Waals surface area contributed by atoms with E-state index in [2.05, 4.69) is 13.8 Å². The third kappa shape index (κ3) is 7.96. The van der Waals surface area contributed by atoms with E-state index in [4.69, 9.17) is 41.8 Å². The summed E-state index contributed by atoms with van der Waals surface area (Å²) in [5, 5.41) is 26.1. The molecule has 13 nitrogen and oxygen atoms in total. The molecular formula is C10H18N2O11P2S. The summed E-state index contributed by atoms with van der Waals surface area (Å²) in [6.45, 7) is -1.22. The molecule has 0 aromatic carbocycles. The first kappa shape index (κ1) is 23.4. The van der Waals surface area contributed by atoms with Crippen molar-refractivity contribution >= 4 is 28.6 Å². The van der Waals surface area contributed by atoms with Crippen LogP contribution in [0.3, 0.4) is 0 Å². The first-order chi connectivity index (χ1) is 12.1. The highest BCUT2D eigenvalue weighted by atomic mass is 32.1. The second-order valence-electron chi connectivity index (χ2n) is 4.67. The molecule has 1 aliphatic heterocycles. The molecule has 2 heterocycles. The van der Waals surface area contributed by atoms with Gasteiger partial charge in [0.15, 0.2) is 17.9 Å². The lowest BCUT2D eigenvalue weighted by Gasteiger charge is -2.15. The van der Waals surface area contributed by atoms with E-state index in [-0.39, 0.29) is 23.2 Å². The van der Waals surface area contributed by atoms with Crippen LogP contribution < -0.4 is 5.56 Å². The molecule has 1 aromatic heterocycles. The Morgan fingerprint density at radius 2 is 2.08 bits per heavy atom. The Morgan fingerprint density at radius 3 is 2.54 bits per heavy atom. The Balaban J connectivity index is 0.000000294. The number of aliphatic hydroxyl groups excluding tert-OH is 3. The molecule has 16 heteroatoms. The Bertz CT molecular complexity index is 734. The number of rotatable bonds is 6. The summed E-state index contributed by atoms with van der Waals surface area (Å²) in [6, 6.07) is 0. The third-order valence-corrected chi connectivity index (χ3v) is 4.90. The van der Waals surface area contributed by atoms with Crippen LogP contribution in [0, 0.1) is 4.77 Å². The normalized spacial score (nSPS) is 21.2. The standard InChI is InChI=1S/C9H12N2O4S.CH6O7P2/c12-4-5-3-11(9(16)10-8(5)14)6-1-2-7(13)15-6;2-1-7-9(3)8-10(4,5)6/h3,6-7,12-13H,1-2,4H2,(H,10,14,16);2-3H,1H2,(H2,4,5,6). The maximum absolute atomic E-state index is 11.3. The quantitative estimate of drug-likeness (QED) is 0.168. The average Bonchev–Trinajstić information content (AvgIpc) is 2.93. The number of hydrogen-bond acceptors (Lipinski definition) is 10. The molecule has 26 heavy (non-hydrogen) atoms. The third-order valence-electron chi connectivity index (χ3n) is 2.84. The van der Waals surface area contributed by atoms with E-state index in [0.717, 1.165) is 0 Å². The molecule has 150 valence electrons. The second-order valence-corrected chi connectivity index (χ2v) is 7.42. The highest BCUT2D eigenvalue weighted by Crippen LogP contribution is 2.51. The molecule has 0 amide bonds. The highest BCUT2D eigenvalue weighted by molar-refractivity contribution is 7.71. The monoisotopic (exact) mass is 436 g/mol. The first-order valence-corrected chi connectivity index (χ1v) is 9.91. The minimum absolute atomic E-state index is 0.221. The van der Waals surface area contributed by atoms with Gasteiger partial charge in [-0.2, -0.15) is 0 Å². The molecule has 7 N–H and O–H groups in total. The second kappa shape index (κ2) is 10.7. The molecule has 1 aromatic rings. The molecule has 1 saturated heterocycles. The minimum atomic E-state index is -4.71. The van der Waals surface area contributed by atoms with Gasteiger partial charge in [-0.15, -0.1) is 0 Å². The maximum atomic E-state index is 11.3. The van der Waals surface area contributed by atoms with Crippen LogP contribution in [0.1, 0.15) is 24.6 Å². The lowest BCUT2D eigenvalue weighted by molar-refractivity contribution is -0.113. The fraction of sp³-hybridized carbons (Fsp3) is 0.600. The Morgan fingerprint density at radius 1 is 1.42 bits per heavy atom. The molecule has 3 atom stereocenters. The molecule has 1 fully saturated rings. The zero-order valence-corrected chi connectivity index (χ0v) is 15.6. The number of nitrogens with one attached hydrogen (secondary N) is 1. The van der Waals surface area contributed by atoms with E-state index in [0.29, 0.717) is 12.8 Å². The van der Waals surface area contributed by atoms with Crippen LogP contribution in [0.2, 0.25) is 0 Å². The fourth-order valence-electron chi connectivity index (χ4n) is 1.82. The van der Waals surface area contributed by atoms with Gasteiger partial charge in [0.05, 0.1) is 12.2 Å². The summed E-state index contributed by atoms with van der Waals surface area (Å²) >= 11 is 4.99. The molecule has 0 aliphatic carbocycles. The molecular weight excluding hydrogens is 418 g/mol. The highest BCUT2D eigenvalue weighted by Gasteiger charge is 2.25. The van der Waals surface area contributed by atoms with Crippen molar-refractivity contribution in [1.29, 1.82) is 0 Å². The predicted molar refractivity (Wildman–Crippen MR) is 87.6 cm³/mol. The fourth-order valence-corrected chi connectivity index (χ4v) is 3.10. The number of hydrogen-bond donors (Lipinski definition) is 7. The van der Waals surface area contributed by atoms with Gasteiger partial charge in [-0.05, 0) is 18.6 Å². The van der Waals surface area contributed by atoms with Crippen molar-refractivity contribution in [3.05, 3.63) is 26.9 Å². The Labute approximate surface area is 152 Å². The number of nitrogens with zero attached hydrogens (tertiary/aromatic N) is 1. The van der Waals surface area contributed by atoms with Gasteiger partial charge in [-0.3, -0.25) is 18.9 Å². The first-order valence-electron chi connectivity index (χ1n) is 6.84. The van der Waals surface area contributed by atoms with E-state index < -0.39 is 35.1 Å². The van der Waals surface area contributed by atoms with Gasteiger partial charge in [-0.1, -0.05) is 0 Å². The van der Waals surface area contributed by atoms with E-state index in [1.165, 1.54) is 6.20 Å². The van der Waals surface area contributed by atoms with Crippen LogP contribution in [0.4, 0.5) is 0 Å². The van der Waals surface area contributed by atoms with Crippen molar-refractivity contribution in [2.24, 2.45) is 0 Å². The molecule has 0 spiro atoms. The van der Waals surface area contributed by atoms with Crippen LogP contribution >= 0.6 is 28.6 Å². The van der Waals surface area contributed by atoms with Crippen LogP contribution in [0.5, 0.6) is 0 Å². The zero-order valence-electron chi connectivity index (χ0n) is 13.0. The largest absolute Gasteiger partial charge is 0.476 e. The predicted octanol–water partition coefficient (Wildman–Crippen LogP) is -0.693. The van der Waals surface area contributed by atoms with E-state index in [9.17, 15) is 14.5 Å². The lowest BCUT2D eigenvalue weighted by Crippen LogP contribution is -2.21. The van der Waals surface area contributed by atoms with Gasteiger partial charge in [0.1, 0.15) is 6.23 Å². The summed E-state index contributed by atoms with van der Waals surface area (Å²) in [6.07, 6.45) is 1.43. The van der Waals surface area contributed by atoms with E-state index >= 15 is 0 Å². The molecule has 0 saturated carbocycles. The number of aromatic nitrogens is 2. The Kier molecular flexibility index (Phi) is 9.61. The van der Waals surface area contributed by atoms with Gasteiger partial charge >= 0.3 is 16.4 Å². The summed E-state index contributed by atoms with van der Waals surface area (Å²) in [5.74, 6) is 0. The average molecular weight is 436 g/mol. The van der Waals surface area contributed by atoms with Crippen LogP contribution in [0.25, 0.3) is 0 Å². The van der Waals surface area contributed by atoms with Gasteiger partial charge in [0.2, 0.25) is 0 Å². The van der Waals surface area contributed by atoms with Crippen molar-refractivity contribution in [1.82, 2.24) is 9.55 Å².